The Bertz CT molecular complexity index is 379. The van der Waals surface area contributed by atoms with Crippen molar-refractivity contribution in [2.75, 3.05) is 11.9 Å². The minimum atomic E-state index is -0.227. The summed E-state index contributed by atoms with van der Waals surface area (Å²) in [6.45, 7) is 1.37. The summed E-state index contributed by atoms with van der Waals surface area (Å²) < 4.78 is 0.964. The number of carbonyl (C=O) groups is 2. The lowest BCUT2D eigenvalue weighted by atomic mass is 10.3. The van der Waals surface area contributed by atoms with Crippen LogP contribution >= 0.6 is 22.6 Å². The average Bonchev–Trinajstić information content (AvgIpc) is 2.18. The lowest BCUT2D eigenvalue weighted by molar-refractivity contribution is -0.122. The molecule has 1 rings (SSSR count). The molecular formula is C10H11IN2O2. The van der Waals surface area contributed by atoms with E-state index < -0.39 is 0 Å². The first kappa shape index (κ1) is 12.0. The van der Waals surface area contributed by atoms with Crippen molar-refractivity contribution in [1.29, 1.82) is 0 Å². The van der Waals surface area contributed by atoms with Gasteiger partial charge < -0.3 is 10.6 Å². The van der Waals surface area contributed by atoms with Crippen LogP contribution in [-0.2, 0) is 9.59 Å². The minimum absolute atomic E-state index is 0.000305. The van der Waals surface area contributed by atoms with E-state index in [0.717, 1.165) is 9.26 Å². The number of amides is 2. The van der Waals surface area contributed by atoms with Crippen molar-refractivity contribution in [2.24, 2.45) is 0 Å². The monoisotopic (exact) mass is 318 g/mol. The molecule has 0 aliphatic heterocycles. The van der Waals surface area contributed by atoms with E-state index >= 15 is 0 Å². The highest BCUT2D eigenvalue weighted by Crippen LogP contribution is 2.16. The number of benzene rings is 1. The van der Waals surface area contributed by atoms with Gasteiger partial charge in [0.1, 0.15) is 0 Å². The zero-order valence-corrected chi connectivity index (χ0v) is 10.4. The van der Waals surface area contributed by atoms with Crippen LogP contribution in [0.1, 0.15) is 6.92 Å². The maximum absolute atomic E-state index is 11.3. The van der Waals surface area contributed by atoms with Crippen molar-refractivity contribution < 1.29 is 9.59 Å². The average molecular weight is 318 g/mol. The van der Waals surface area contributed by atoms with Gasteiger partial charge in [-0.25, -0.2) is 0 Å². The van der Waals surface area contributed by atoms with Gasteiger partial charge in [-0.2, -0.15) is 0 Å². The van der Waals surface area contributed by atoms with Crippen molar-refractivity contribution in [3.63, 3.8) is 0 Å². The third-order valence-corrected chi connectivity index (χ3v) is 2.59. The summed E-state index contributed by atoms with van der Waals surface area (Å²) in [7, 11) is 0. The summed E-state index contributed by atoms with van der Waals surface area (Å²) in [5, 5.41) is 5.14. The number of nitrogens with one attached hydrogen (secondary N) is 2. The Hall–Kier alpha value is -1.11. The van der Waals surface area contributed by atoms with Crippen molar-refractivity contribution >= 4 is 40.1 Å². The van der Waals surface area contributed by atoms with Crippen LogP contribution in [0.2, 0.25) is 0 Å². The normalized spacial score (nSPS) is 9.47. The van der Waals surface area contributed by atoms with Gasteiger partial charge in [0, 0.05) is 10.5 Å². The van der Waals surface area contributed by atoms with Crippen LogP contribution in [0.5, 0.6) is 0 Å². The topological polar surface area (TPSA) is 58.2 Å². The van der Waals surface area contributed by atoms with E-state index in [9.17, 15) is 9.59 Å². The predicted molar refractivity (Wildman–Crippen MR) is 66.5 cm³/mol. The van der Waals surface area contributed by atoms with E-state index in [1.807, 2.05) is 24.3 Å². The van der Waals surface area contributed by atoms with Crippen LogP contribution in [0.25, 0.3) is 0 Å². The van der Waals surface area contributed by atoms with E-state index in [-0.39, 0.29) is 18.4 Å². The summed E-state index contributed by atoms with van der Waals surface area (Å²) in [6, 6.07) is 7.45. The van der Waals surface area contributed by atoms with Crippen LogP contribution in [0.3, 0.4) is 0 Å². The summed E-state index contributed by atoms with van der Waals surface area (Å²) in [5.41, 5.74) is 0.758. The van der Waals surface area contributed by atoms with Crippen LogP contribution in [0.4, 0.5) is 5.69 Å². The Morgan fingerprint density at radius 3 is 2.60 bits per heavy atom. The minimum Gasteiger partial charge on any atom is -0.347 e. The SMILES string of the molecule is CC(=O)NCC(=O)Nc1ccccc1I. The number of hydrogen-bond donors (Lipinski definition) is 2. The molecule has 0 bridgehead atoms. The molecule has 80 valence electrons. The zero-order chi connectivity index (χ0) is 11.3. The van der Waals surface area contributed by atoms with Gasteiger partial charge in [0.2, 0.25) is 11.8 Å². The molecule has 0 heterocycles. The van der Waals surface area contributed by atoms with Gasteiger partial charge in [0.05, 0.1) is 12.2 Å². The van der Waals surface area contributed by atoms with Crippen molar-refractivity contribution in [3.8, 4) is 0 Å². The molecule has 0 saturated heterocycles. The molecule has 0 radical (unpaired) electrons. The summed E-state index contributed by atoms with van der Waals surface area (Å²) in [4.78, 5) is 21.9. The Morgan fingerprint density at radius 1 is 1.33 bits per heavy atom. The maximum Gasteiger partial charge on any atom is 0.243 e. The number of hydrogen-bond acceptors (Lipinski definition) is 2. The smallest absolute Gasteiger partial charge is 0.243 e. The first-order chi connectivity index (χ1) is 7.09. The molecule has 0 atom stereocenters. The van der Waals surface area contributed by atoms with Crippen LogP contribution in [0.15, 0.2) is 24.3 Å². The van der Waals surface area contributed by atoms with Crippen LogP contribution in [-0.4, -0.2) is 18.4 Å². The molecule has 5 heteroatoms. The Morgan fingerprint density at radius 2 is 2.00 bits per heavy atom. The fourth-order valence-corrected chi connectivity index (χ4v) is 1.48. The Kier molecular flexibility index (Phi) is 4.54. The predicted octanol–water partition coefficient (Wildman–Crippen LogP) is 1.37. The van der Waals surface area contributed by atoms with Gasteiger partial charge in [0.15, 0.2) is 0 Å². The summed E-state index contributed by atoms with van der Waals surface area (Å²) >= 11 is 2.13. The first-order valence-electron chi connectivity index (χ1n) is 4.38. The lowest BCUT2D eigenvalue weighted by Gasteiger charge is -2.06. The van der Waals surface area contributed by atoms with E-state index in [0.29, 0.717) is 0 Å². The highest BCUT2D eigenvalue weighted by molar-refractivity contribution is 14.1. The Balaban J connectivity index is 2.52. The molecule has 1 aromatic rings. The summed E-state index contributed by atoms with van der Waals surface area (Å²) in [6.07, 6.45) is 0. The highest BCUT2D eigenvalue weighted by Gasteiger charge is 2.04. The fraction of sp³-hybridized carbons (Fsp3) is 0.200. The van der Waals surface area contributed by atoms with Gasteiger partial charge in [-0.3, -0.25) is 9.59 Å². The van der Waals surface area contributed by atoms with E-state index in [4.69, 9.17) is 0 Å². The summed E-state index contributed by atoms with van der Waals surface area (Å²) in [5.74, 6) is -0.442. The lowest BCUT2D eigenvalue weighted by Crippen LogP contribution is -2.31. The third-order valence-electron chi connectivity index (χ3n) is 1.65. The molecule has 2 N–H and O–H groups in total. The number of para-hydroxylation sites is 1. The number of halogens is 1. The molecule has 0 unspecified atom stereocenters. The molecule has 15 heavy (non-hydrogen) atoms. The standard InChI is InChI=1S/C10H11IN2O2/c1-7(14)12-6-10(15)13-9-5-3-2-4-8(9)11/h2-5H,6H2,1H3,(H,12,14)(H,13,15). The number of anilines is 1. The van der Waals surface area contributed by atoms with Gasteiger partial charge in [0.25, 0.3) is 0 Å². The van der Waals surface area contributed by atoms with Gasteiger partial charge in [-0.05, 0) is 34.7 Å². The third kappa shape index (κ3) is 4.28. The molecule has 0 aliphatic carbocycles. The number of carbonyl (C=O) groups excluding carboxylic acids is 2. The molecule has 1 aromatic carbocycles. The fourth-order valence-electron chi connectivity index (χ4n) is 0.962. The molecule has 0 aromatic heterocycles. The van der Waals surface area contributed by atoms with Crippen molar-refractivity contribution in [1.82, 2.24) is 5.32 Å². The van der Waals surface area contributed by atoms with Gasteiger partial charge in [-0.15, -0.1) is 0 Å². The first-order valence-corrected chi connectivity index (χ1v) is 5.46. The van der Waals surface area contributed by atoms with E-state index in [1.165, 1.54) is 6.92 Å². The molecule has 0 spiro atoms. The molecule has 0 saturated carbocycles. The van der Waals surface area contributed by atoms with E-state index in [1.54, 1.807) is 0 Å². The second-order valence-corrected chi connectivity index (χ2v) is 4.10. The van der Waals surface area contributed by atoms with Crippen LogP contribution in [0, 0.1) is 3.57 Å². The van der Waals surface area contributed by atoms with E-state index in [2.05, 4.69) is 33.2 Å². The largest absolute Gasteiger partial charge is 0.347 e. The second kappa shape index (κ2) is 5.69. The molecule has 2 amide bonds. The molecule has 0 fully saturated rings. The van der Waals surface area contributed by atoms with Crippen molar-refractivity contribution in [3.05, 3.63) is 27.8 Å². The zero-order valence-electron chi connectivity index (χ0n) is 8.21. The van der Waals surface area contributed by atoms with Crippen LogP contribution < -0.4 is 10.6 Å². The Labute approximate surface area is 102 Å². The maximum atomic E-state index is 11.3. The molecule has 4 nitrogen and oxygen atoms in total. The van der Waals surface area contributed by atoms with Gasteiger partial charge >= 0.3 is 0 Å². The van der Waals surface area contributed by atoms with Gasteiger partial charge in [-0.1, -0.05) is 12.1 Å². The van der Waals surface area contributed by atoms with Crippen molar-refractivity contribution in [2.45, 2.75) is 6.92 Å². The molecular weight excluding hydrogens is 307 g/mol. The highest BCUT2D eigenvalue weighted by atomic mass is 127. The molecule has 0 aliphatic rings. The second-order valence-electron chi connectivity index (χ2n) is 2.94. The number of rotatable bonds is 3. The quantitative estimate of drug-likeness (QED) is 0.827.